The Morgan fingerprint density at radius 3 is 2.00 bits per heavy atom. The maximum absolute atomic E-state index is 3.73. The van der Waals surface area contributed by atoms with Crippen LogP contribution in [0.25, 0.3) is 0 Å². The van der Waals surface area contributed by atoms with Crippen LogP contribution in [0.1, 0.15) is 59.8 Å². The Bertz CT molecular complexity index is 207. The lowest BCUT2D eigenvalue weighted by molar-refractivity contribution is 0.0762. The van der Waals surface area contributed by atoms with Gasteiger partial charge in [-0.1, -0.05) is 50.0 Å². The van der Waals surface area contributed by atoms with E-state index >= 15 is 0 Å². The van der Waals surface area contributed by atoms with Gasteiger partial charge >= 0.3 is 0 Å². The van der Waals surface area contributed by atoms with Crippen molar-refractivity contribution in [2.75, 3.05) is 25.0 Å². The molecule has 102 valence electrons. The molecule has 0 aromatic carbocycles. The lowest BCUT2D eigenvalue weighted by atomic mass is 9.77. The van der Waals surface area contributed by atoms with Gasteiger partial charge in [0.05, 0.1) is 0 Å². The van der Waals surface area contributed by atoms with E-state index in [4.69, 9.17) is 0 Å². The number of piperidine rings is 1. The molecule has 17 heavy (non-hydrogen) atoms. The highest BCUT2D eigenvalue weighted by Crippen LogP contribution is 2.36. The average molecular weight is 304 g/mol. The zero-order valence-corrected chi connectivity index (χ0v) is 13.8. The van der Waals surface area contributed by atoms with Crippen molar-refractivity contribution >= 4 is 15.9 Å². The molecule has 1 fully saturated rings. The fourth-order valence-corrected chi connectivity index (χ4v) is 3.75. The largest absolute Gasteiger partial charge is 0.303 e. The van der Waals surface area contributed by atoms with Gasteiger partial charge in [0.25, 0.3) is 0 Å². The van der Waals surface area contributed by atoms with Gasteiger partial charge in [-0.3, -0.25) is 0 Å². The van der Waals surface area contributed by atoms with Crippen molar-refractivity contribution < 1.29 is 0 Å². The van der Waals surface area contributed by atoms with Crippen LogP contribution in [-0.2, 0) is 0 Å². The first kappa shape index (κ1) is 15.5. The van der Waals surface area contributed by atoms with E-state index in [1.54, 1.807) is 0 Å². The minimum atomic E-state index is 0.500. The van der Waals surface area contributed by atoms with Crippen LogP contribution >= 0.6 is 15.9 Å². The smallest absolute Gasteiger partial charge is 0.01000 e. The summed E-state index contributed by atoms with van der Waals surface area (Å²) in [6.45, 7) is 13.4. The van der Waals surface area contributed by atoms with E-state index in [1.165, 1.54) is 51.7 Å². The van der Waals surface area contributed by atoms with Crippen molar-refractivity contribution in [3.8, 4) is 0 Å². The predicted molar refractivity (Wildman–Crippen MR) is 80.9 cm³/mol. The number of rotatable bonds is 6. The van der Waals surface area contributed by atoms with Crippen molar-refractivity contribution in [2.24, 2.45) is 10.8 Å². The molecule has 0 saturated carbocycles. The van der Waals surface area contributed by atoms with E-state index in [0.717, 1.165) is 5.33 Å². The molecule has 0 radical (unpaired) electrons. The summed E-state index contributed by atoms with van der Waals surface area (Å²) in [6.07, 6.45) is 6.68. The Kier molecular flexibility index (Phi) is 5.98. The second-order valence-electron chi connectivity index (χ2n) is 6.28. The maximum Gasteiger partial charge on any atom is 0.01000 e. The number of nitrogens with zero attached hydrogens (tertiary/aromatic N) is 1. The zero-order chi connectivity index (χ0) is 12.9. The van der Waals surface area contributed by atoms with Crippen molar-refractivity contribution in [3.63, 3.8) is 0 Å². The van der Waals surface area contributed by atoms with Gasteiger partial charge in [0.1, 0.15) is 0 Å². The number of hydrogen-bond acceptors (Lipinski definition) is 1. The molecule has 1 nitrogen and oxygen atoms in total. The molecule has 1 rings (SSSR count). The monoisotopic (exact) mass is 303 g/mol. The summed E-state index contributed by atoms with van der Waals surface area (Å²) in [6, 6.07) is 0. The van der Waals surface area contributed by atoms with Crippen LogP contribution < -0.4 is 0 Å². The molecule has 0 N–H and O–H groups in total. The van der Waals surface area contributed by atoms with Gasteiger partial charge in [-0.25, -0.2) is 0 Å². The minimum Gasteiger partial charge on any atom is -0.303 e. The summed E-state index contributed by atoms with van der Waals surface area (Å²) in [5, 5.41) is 1.15. The fraction of sp³-hybridized carbons (Fsp3) is 1.00. The summed E-state index contributed by atoms with van der Waals surface area (Å²) >= 11 is 3.73. The standard InChI is InChI=1S/C15H30BrN/c1-5-14(4)8-10-17(11-9-14)13-15(6-2,7-3)12-16/h5-13H2,1-4H3. The molecule has 0 aliphatic carbocycles. The van der Waals surface area contributed by atoms with E-state index < -0.39 is 0 Å². The second-order valence-corrected chi connectivity index (χ2v) is 6.84. The topological polar surface area (TPSA) is 3.24 Å². The van der Waals surface area contributed by atoms with Crippen LogP contribution in [0.2, 0.25) is 0 Å². The highest BCUT2D eigenvalue weighted by Gasteiger charge is 2.32. The Morgan fingerprint density at radius 2 is 1.65 bits per heavy atom. The molecule has 1 aliphatic rings. The first-order valence-electron chi connectivity index (χ1n) is 7.31. The summed E-state index contributed by atoms with van der Waals surface area (Å²) in [5.41, 5.74) is 1.12. The lowest BCUT2D eigenvalue weighted by Crippen LogP contribution is -2.44. The molecule has 2 heteroatoms. The zero-order valence-electron chi connectivity index (χ0n) is 12.2. The number of likely N-dealkylation sites (tertiary alicyclic amines) is 1. The van der Waals surface area contributed by atoms with E-state index in [1.807, 2.05) is 0 Å². The molecule has 0 unspecified atom stereocenters. The normalized spacial score (nSPS) is 21.7. The Hall–Kier alpha value is 0.440. The van der Waals surface area contributed by atoms with Crippen LogP contribution in [0, 0.1) is 10.8 Å². The molecular weight excluding hydrogens is 274 g/mol. The van der Waals surface area contributed by atoms with Gasteiger partial charge in [-0.15, -0.1) is 0 Å². The van der Waals surface area contributed by atoms with Gasteiger partial charge in [-0.05, 0) is 49.6 Å². The summed E-state index contributed by atoms with van der Waals surface area (Å²) < 4.78 is 0. The maximum atomic E-state index is 3.73. The van der Waals surface area contributed by atoms with Crippen molar-refractivity contribution in [1.29, 1.82) is 0 Å². The van der Waals surface area contributed by atoms with Gasteiger partial charge in [0.15, 0.2) is 0 Å². The van der Waals surface area contributed by atoms with Crippen LogP contribution in [0.5, 0.6) is 0 Å². The lowest BCUT2D eigenvalue weighted by Gasteiger charge is -2.43. The van der Waals surface area contributed by atoms with Gasteiger partial charge in [-0.2, -0.15) is 0 Å². The van der Waals surface area contributed by atoms with Crippen molar-refractivity contribution in [3.05, 3.63) is 0 Å². The fourth-order valence-electron chi connectivity index (χ4n) is 2.78. The summed E-state index contributed by atoms with van der Waals surface area (Å²) in [7, 11) is 0. The molecule has 0 bridgehead atoms. The van der Waals surface area contributed by atoms with E-state index in [9.17, 15) is 0 Å². The molecule has 1 saturated heterocycles. The third-order valence-corrected chi connectivity index (χ3v) is 6.45. The second kappa shape index (κ2) is 6.56. The molecule has 0 aromatic rings. The molecule has 0 amide bonds. The van der Waals surface area contributed by atoms with Crippen LogP contribution in [0.3, 0.4) is 0 Å². The van der Waals surface area contributed by atoms with Gasteiger partial charge in [0, 0.05) is 11.9 Å². The van der Waals surface area contributed by atoms with Crippen LogP contribution in [-0.4, -0.2) is 29.9 Å². The SMILES string of the molecule is CCC1(C)CCN(CC(CC)(CC)CBr)CC1. The molecule has 0 spiro atoms. The minimum absolute atomic E-state index is 0.500. The summed E-state index contributed by atoms with van der Waals surface area (Å²) in [4.78, 5) is 2.70. The Labute approximate surface area is 116 Å². The van der Waals surface area contributed by atoms with E-state index in [-0.39, 0.29) is 0 Å². The molecule has 0 aromatic heterocycles. The Balaban J connectivity index is 2.49. The molecular formula is C15H30BrN. The molecule has 1 heterocycles. The molecule has 0 atom stereocenters. The predicted octanol–water partition coefficient (Wildman–Crippen LogP) is 4.70. The molecule has 1 aliphatic heterocycles. The average Bonchev–Trinajstić information content (AvgIpc) is 2.39. The van der Waals surface area contributed by atoms with E-state index in [2.05, 4.69) is 48.5 Å². The van der Waals surface area contributed by atoms with Crippen LogP contribution in [0.15, 0.2) is 0 Å². The van der Waals surface area contributed by atoms with Gasteiger partial charge < -0.3 is 4.90 Å². The Morgan fingerprint density at radius 1 is 1.12 bits per heavy atom. The number of alkyl halides is 1. The number of hydrogen-bond donors (Lipinski definition) is 0. The van der Waals surface area contributed by atoms with E-state index in [0.29, 0.717) is 10.8 Å². The van der Waals surface area contributed by atoms with Crippen molar-refractivity contribution in [2.45, 2.75) is 59.8 Å². The summed E-state index contributed by atoms with van der Waals surface area (Å²) in [5.74, 6) is 0. The van der Waals surface area contributed by atoms with Gasteiger partial charge in [0.2, 0.25) is 0 Å². The first-order valence-corrected chi connectivity index (χ1v) is 8.43. The third kappa shape index (κ3) is 3.96. The number of halogens is 1. The highest BCUT2D eigenvalue weighted by atomic mass is 79.9. The quantitative estimate of drug-likeness (QED) is 0.643. The van der Waals surface area contributed by atoms with Crippen molar-refractivity contribution in [1.82, 2.24) is 4.90 Å². The van der Waals surface area contributed by atoms with Crippen LogP contribution in [0.4, 0.5) is 0 Å². The highest BCUT2D eigenvalue weighted by molar-refractivity contribution is 9.09. The third-order valence-electron chi connectivity index (χ3n) is 5.26. The first-order chi connectivity index (χ1) is 8.03.